The number of hydrogen-bond donors (Lipinski definition) is 0. The Hall–Kier alpha value is 0.240. The molecule has 0 saturated carbocycles. The van der Waals surface area contributed by atoms with Crippen LogP contribution in [0.25, 0.3) is 0 Å². The number of hydrogen-bond acceptors (Lipinski definition) is 2. The van der Waals surface area contributed by atoms with Crippen LogP contribution in [-0.2, 0) is 0 Å². The number of alkyl halides is 3. The zero-order chi connectivity index (χ0) is 10.9. The largest absolute Gasteiger partial charge is 0.573 e. The van der Waals surface area contributed by atoms with E-state index in [2.05, 4.69) is 25.7 Å². The summed E-state index contributed by atoms with van der Waals surface area (Å²) in [4.78, 5) is 3.70. The molecular formula is C6HBrClF3INO. The highest BCUT2D eigenvalue weighted by molar-refractivity contribution is 14.1. The molecule has 0 aliphatic rings. The highest BCUT2D eigenvalue weighted by Gasteiger charge is 2.33. The van der Waals surface area contributed by atoms with Crippen molar-refractivity contribution >= 4 is 50.1 Å². The average molecular weight is 402 g/mol. The first-order chi connectivity index (χ1) is 6.31. The quantitative estimate of drug-likeness (QED) is 0.523. The topological polar surface area (TPSA) is 22.1 Å². The third-order valence-corrected chi connectivity index (χ3v) is 3.72. The lowest BCUT2D eigenvalue weighted by Gasteiger charge is -2.12. The zero-order valence-electron chi connectivity index (χ0n) is 6.20. The number of halogens is 6. The van der Waals surface area contributed by atoms with Gasteiger partial charge in [-0.05, 0) is 38.5 Å². The molecule has 14 heavy (non-hydrogen) atoms. The van der Waals surface area contributed by atoms with Gasteiger partial charge < -0.3 is 4.74 Å². The van der Waals surface area contributed by atoms with Gasteiger partial charge in [-0.25, -0.2) is 4.98 Å². The molecule has 0 amide bonds. The molecule has 0 aromatic carbocycles. The monoisotopic (exact) mass is 401 g/mol. The third kappa shape index (κ3) is 3.13. The van der Waals surface area contributed by atoms with Crippen molar-refractivity contribution < 1.29 is 17.9 Å². The number of aromatic nitrogens is 1. The maximum atomic E-state index is 11.9. The van der Waals surface area contributed by atoms with Crippen molar-refractivity contribution in [3.63, 3.8) is 0 Å². The van der Waals surface area contributed by atoms with Gasteiger partial charge in [0.1, 0.15) is 9.63 Å². The van der Waals surface area contributed by atoms with Crippen LogP contribution in [0.4, 0.5) is 13.2 Å². The van der Waals surface area contributed by atoms with E-state index in [1.807, 2.05) is 0 Å². The van der Waals surface area contributed by atoms with Crippen LogP contribution >= 0.6 is 50.1 Å². The lowest BCUT2D eigenvalue weighted by molar-refractivity contribution is -0.274. The van der Waals surface area contributed by atoms with Crippen molar-refractivity contribution in [1.29, 1.82) is 0 Å². The zero-order valence-corrected chi connectivity index (χ0v) is 10.7. The van der Waals surface area contributed by atoms with E-state index in [9.17, 15) is 13.2 Å². The van der Waals surface area contributed by atoms with Gasteiger partial charge in [-0.15, -0.1) is 13.2 Å². The Morgan fingerprint density at radius 2 is 2.07 bits per heavy atom. The Labute approximate surface area is 104 Å². The molecule has 0 bridgehead atoms. The second-order valence-corrected chi connectivity index (χ2v) is 4.32. The molecule has 0 aliphatic carbocycles. The summed E-state index contributed by atoms with van der Waals surface area (Å²) in [5, 5.41) is -0.185. The van der Waals surface area contributed by atoms with Gasteiger partial charge in [-0.3, -0.25) is 0 Å². The van der Waals surface area contributed by atoms with E-state index in [0.717, 1.165) is 6.20 Å². The Bertz CT molecular complexity index is 360. The van der Waals surface area contributed by atoms with Gasteiger partial charge in [0.05, 0.1) is 9.77 Å². The van der Waals surface area contributed by atoms with Crippen molar-refractivity contribution in [3.8, 4) is 5.75 Å². The molecular weight excluding hydrogens is 401 g/mol. The number of rotatable bonds is 1. The lowest BCUT2D eigenvalue weighted by Crippen LogP contribution is -2.18. The molecule has 8 heteroatoms. The van der Waals surface area contributed by atoms with Crippen molar-refractivity contribution in [2.24, 2.45) is 0 Å². The Morgan fingerprint density at radius 3 is 2.57 bits per heavy atom. The van der Waals surface area contributed by atoms with E-state index in [0.29, 0.717) is 0 Å². The van der Waals surface area contributed by atoms with Crippen molar-refractivity contribution in [2.75, 3.05) is 0 Å². The van der Waals surface area contributed by atoms with Crippen LogP contribution < -0.4 is 4.74 Å². The minimum absolute atomic E-state index is 0.174. The van der Waals surface area contributed by atoms with Gasteiger partial charge in [-0.2, -0.15) is 0 Å². The van der Waals surface area contributed by atoms with Crippen LogP contribution in [0.2, 0.25) is 5.02 Å². The van der Waals surface area contributed by atoms with Gasteiger partial charge >= 0.3 is 6.36 Å². The van der Waals surface area contributed by atoms with Crippen LogP contribution in [0, 0.1) is 3.57 Å². The van der Waals surface area contributed by atoms with E-state index >= 15 is 0 Å². The Balaban J connectivity index is 3.13. The Morgan fingerprint density at radius 1 is 1.50 bits per heavy atom. The van der Waals surface area contributed by atoms with Gasteiger partial charge in [0.25, 0.3) is 0 Å². The molecule has 2 nitrogen and oxygen atoms in total. The summed E-state index contributed by atoms with van der Waals surface area (Å²) in [5.74, 6) is -0.443. The van der Waals surface area contributed by atoms with Crippen LogP contribution in [0.1, 0.15) is 0 Å². The standard InChI is InChI=1S/C6HBrClF3INO/c7-5-3(12)4(2(8)1-13-5)14-6(9,10)11/h1H. The molecule has 0 spiro atoms. The van der Waals surface area contributed by atoms with E-state index in [1.165, 1.54) is 0 Å². The minimum Gasteiger partial charge on any atom is -0.403 e. The van der Waals surface area contributed by atoms with Crippen LogP contribution in [0.15, 0.2) is 10.8 Å². The first-order valence-corrected chi connectivity index (χ1v) is 5.31. The molecule has 0 aliphatic heterocycles. The van der Waals surface area contributed by atoms with Gasteiger partial charge in [0.2, 0.25) is 0 Å². The van der Waals surface area contributed by atoms with Crippen molar-refractivity contribution in [3.05, 3.63) is 19.4 Å². The summed E-state index contributed by atoms with van der Waals surface area (Å²) in [5.41, 5.74) is 0. The second kappa shape index (κ2) is 4.40. The van der Waals surface area contributed by atoms with E-state index in [4.69, 9.17) is 11.6 Å². The first-order valence-electron chi connectivity index (χ1n) is 3.06. The summed E-state index contributed by atoms with van der Waals surface area (Å²) in [7, 11) is 0. The van der Waals surface area contributed by atoms with Crippen molar-refractivity contribution in [1.82, 2.24) is 4.98 Å². The molecule has 1 heterocycles. The lowest BCUT2D eigenvalue weighted by atomic mass is 10.4. The molecule has 1 aromatic heterocycles. The van der Waals surface area contributed by atoms with Crippen LogP contribution in [0.3, 0.4) is 0 Å². The molecule has 1 rings (SSSR count). The summed E-state index contributed by atoms with van der Waals surface area (Å²) >= 11 is 10.1. The van der Waals surface area contributed by atoms with E-state index in [1.54, 1.807) is 22.6 Å². The highest BCUT2D eigenvalue weighted by atomic mass is 127. The van der Waals surface area contributed by atoms with Crippen LogP contribution in [-0.4, -0.2) is 11.3 Å². The third-order valence-electron chi connectivity index (χ3n) is 1.11. The summed E-state index contributed by atoms with van der Waals surface area (Å²) in [6, 6.07) is 0. The Kier molecular flexibility index (Phi) is 3.87. The minimum atomic E-state index is -4.76. The average Bonchev–Trinajstić information content (AvgIpc) is 2.04. The molecule has 0 N–H and O–H groups in total. The van der Waals surface area contributed by atoms with E-state index < -0.39 is 12.1 Å². The number of pyridine rings is 1. The summed E-state index contributed by atoms with van der Waals surface area (Å²) in [6.07, 6.45) is -3.68. The highest BCUT2D eigenvalue weighted by Crippen LogP contribution is 2.36. The predicted octanol–water partition coefficient (Wildman–Crippen LogP) is 4.00. The fourth-order valence-electron chi connectivity index (χ4n) is 0.636. The molecule has 0 atom stereocenters. The second-order valence-electron chi connectivity index (χ2n) is 2.09. The number of nitrogens with zero attached hydrogens (tertiary/aromatic N) is 1. The van der Waals surface area contributed by atoms with Gasteiger partial charge in [0.15, 0.2) is 5.75 Å². The maximum absolute atomic E-state index is 11.9. The smallest absolute Gasteiger partial charge is 0.403 e. The molecule has 0 saturated heterocycles. The fourth-order valence-corrected chi connectivity index (χ4v) is 1.80. The molecule has 0 radical (unpaired) electrons. The number of ether oxygens (including phenoxy) is 1. The molecule has 78 valence electrons. The van der Waals surface area contributed by atoms with Gasteiger partial charge in [0, 0.05) is 0 Å². The SMILES string of the molecule is FC(F)(F)Oc1c(Cl)cnc(Br)c1I. The summed E-state index contributed by atoms with van der Waals surface area (Å²) < 4.78 is 39.9. The van der Waals surface area contributed by atoms with Crippen LogP contribution in [0.5, 0.6) is 5.75 Å². The van der Waals surface area contributed by atoms with Gasteiger partial charge in [-0.1, -0.05) is 11.6 Å². The molecule has 1 aromatic rings. The predicted molar refractivity (Wildman–Crippen MR) is 56.3 cm³/mol. The fraction of sp³-hybridized carbons (Fsp3) is 0.167. The normalized spacial score (nSPS) is 11.6. The summed E-state index contributed by atoms with van der Waals surface area (Å²) in [6.45, 7) is 0. The first kappa shape index (κ1) is 12.3. The molecule has 0 fully saturated rings. The van der Waals surface area contributed by atoms with Crippen molar-refractivity contribution in [2.45, 2.75) is 6.36 Å². The molecule has 0 unspecified atom stereocenters. The maximum Gasteiger partial charge on any atom is 0.573 e. The van der Waals surface area contributed by atoms with E-state index in [-0.39, 0.29) is 13.2 Å².